The lowest BCUT2D eigenvalue weighted by Crippen LogP contribution is -2.13. The first kappa shape index (κ1) is 15.2. The number of rotatable bonds is 2. The van der Waals surface area contributed by atoms with E-state index in [0.717, 1.165) is 13.4 Å². The van der Waals surface area contributed by atoms with Gasteiger partial charge in [-0.05, 0) is 72.1 Å². The van der Waals surface area contributed by atoms with Gasteiger partial charge in [-0.1, -0.05) is 15.9 Å². The number of pyridine rings is 1. The van der Waals surface area contributed by atoms with Crippen LogP contribution in [0.3, 0.4) is 0 Å². The Morgan fingerprint density at radius 3 is 2.32 bits per heavy atom. The predicted molar refractivity (Wildman–Crippen MR) is 89.4 cm³/mol. The Bertz CT molecular complexity index is 622. The third kappa shape index (κ3) is 3.65. The van der Waals surface area contributed by atoms with E-state index in [9.17, 15) is 4.79 Å². The lowest BCUT2D eigenvalue weighted by molar-refractivity contribution is 0.102. The first-order valence-corrected chi connectivity index (χ1v) is 8.22. The number of nitrogens with one attached hydrogen (secondary N) is 1. The summed E-state index contributed by atoms with van der Waals surface area (Å²) in [6.07, 6.45) is 1.62. The molecule has 0 aliphatic carbocycles. The molecule has 2 rings (SSSR count). The Hall–Kier alpha value is -0.240. The molecule has 0 aliphatic heterocycles. The van der Waals surface area contributed by atoms with E-state index in [1.165, 1.54) is 0 Å². The quantitative estimate of drug-likeness (QED) is 0.548. The number of benzene rings is 1. The minimum Gasteiger partial charge on any atom is -0.320 e. The van der Waals surface area contributed by atoms with Gasteiger partial charge in [-0.15, -0.1) is 0 Å². The van der Waals surface area contributed by atoms with Gasteiger partial charge in [0.25, 0.3) is 5.91 Å². The van der Waals surface area contributed by atoms with E-state index in [0.29, 0.717) is 15.9 Å². The highest BCUT2D eigenvalue weighted by Gasteiger charge is 2.14. The van der Waals surface area contributed by atoms with Crippen LogP contribution in [-0.4, -0.2) is 10.9 Å². The average molecular weight is 514 g/mol. The minimum absolute atomic E-state index is 0.233. The number of nitrogens with zero attached hydrogens (tertiary/aromatic N) is 1. The van der Waals surface area contributed by atoms with Gasteiger partial charge in [-0.25, -0.2) is 4.98 Å². The highest BCUT2D eigenvalue weighted by atomic mass is 79.9. The van der Waals surface area contributed by atoms with Crippen LogP contribution in [-0.2, 0) is 0 Å². The largest absolute Gasteiger partial charge is 0.320 e. The van der Waals surface area contributed by atoms with Gasteiger partial charge in [0.1, 0.15) is 4.60 Å². The Morgan fingerprint density at radius 2 is 1.74 bits per heavy atom. The fourth-order valence-electron chi connectivity index (χ4n) is 1.40. The van der Waals surface area contributed by atoms with Crippen LogP contribution in [0.2, 0.25) is 0 Å². The minimum atomic E-state index is -0.233. The molecule has 1 N–H and O–H groups in total. The van der Waals surface area contributed by atoms with Crippen LogP contribution in [0.5, 0.6) is 0 Å². The first-order valence-electron chi connectivity index (χ1n) is 5.05. The van der Waals surface area contributed by atoms with Crippen molar-refractivity contribution < 1.29 is 4.79 Å². The Morgan fingerprint density at radius 1 is 1.11 bits per heavy atom. The van der Waals surface area contributed by atoms with Gasteiger partial charge in [0.05, 0.1) is 11.3 Å². The van der Waals surface area contributed by atoms with E-state index >= 15 is 0 Å². The van der Waals surface area contributed by atoms with Crippen molar-refractivity contribution in [3.05, 3.63) is 54.0 Å². The maximum absolute atomic E-state index is 12.2. The fraction of sp³-hybridized carbons (Fsp3) is 0. The number of halogens is 4. The summed E-state index contributed by atoms with van der Waals surface area (Å²) in [4.78, 5) is 16.2. The van der Waals surface area contributed by atoms with E-state index in [4.69, 9.17) is 0 Å². The standard InChI is InChI=1S/C12H6Br4N2O/c13-6-4-8(14)10(9(15)5-6)18-12(19)7-2-1-3-17-11(7)16/h1-5H,(H,18,19). The van der Waals surface area contributed by atoms with E-state index in [2.05, 4.69) is 74.0 Å². The predicted octanol–water partition coefficient (Wildman–Crippen LogP) is 5.38. The van der Waals surface area contributed by atoms with Gasteiger partial charge >= 0.3 is 0 Å². The number of hydrogen-bond donors (Lipinski definition) is 1. The van der Waals surface area contributed by atoms with Gasteiger partial charge in [0.2, 0.25) is 0 Å². The van der Waals surface area contributed by atoms with E-state index in [1.807, 2.05) is 12.1 Å². The van der Waals surface area contributed by atoms with Crippen molar-refractivity contribution in [3.8, 4) is 0 Å². The van der Waals surface area contributed by atoms with Crippen molar-refractivity contribution in [3.63, 3.8) is 0 Å². The molecule has 0 unspecified atom stereocenters. The maximum atomic E-state index is 12.2. The molecule has 1 amide bonds. The van der Waals surface area contributed by atoms with Crippen LogP contribution >= 0.6 is 63.7 Å². The van der Waals surface area contributed by atoms with Crippen molar-refractivity contribution in [2.24, 2.45) is 0 Å². The van der Waals surface area contributed by atoms with E-state index < -0.39 is 0 Å². The molecule has 19 heavy (non-hydrogen) atoms. The zero-order valence-corrected chi connectivity index (χ0v) is 15.6. The zero-order valence-electron chi connectivity index (χ0n) is 9.25. The molecule has 0 atom stereocenters. The second-order valence-corrected chi connectivity index (χ2v) is 6.92. The number of carbonyl (C=O) groups excluding carboxylic acids is 1. The normalized spacial score (nSPS) is 10.3. The first-order chi connectivity index (χ1) is 8.99. The second kappa shape index (κ2) is 6.47. The summed E-state index contributed by atoms with van der Waals surface area (Å²) in [5.74, 6) is -0.233. The van der Waals surface area contributed by atoms with Crippen molar-refractivity contribution in [2.75, 3.05) is 5.32 Å². The molecule has 0 radical (unpaired) electrons. The van der Waals surface area contributed by atoms with E-state index in [-0.39, 0.29) is 5.91 Å². The molecule has 1 heterocycles. The van der Waals surface area contributed by atoms with Crippen LogP contribution in [0.4, 0.5) is 5.69 Å². The van der Waals surface area contributed by atoms with Crippen LogP contribution in [0.1, 0.15) is 10.4 Å². The van der Waals surface area contributed by atoms with Crippen LogP contribution < -0.4 is 5.32 Å². The number of anilines is 1. The molecule has 0 saturated carbocycles. The molecular formula is C12H6Br4N2O. The summed E-state index contributed by atoms with van der Waals surface area (Å²) in [6, 6.07) is 7.13. The SMILES string of the molecule is O=C(Nc1c(Br)cc(Br)cc1Br)c1cccnc1Br. The third-order valence-electron chi connectivity index (χ3n) is 2.25. The summed E-state index contributed by atoms with van der Waals surface area (Å²) >= 11 is 13.5. The van der Waals surface area contributed by atoms with Gasteiger partial charge in [-0.3, -0.25) is 4.79 Å². The molecular weight excluding hydrogens is 508 g/mol. The van der Waals surface area contributed by atoms with Crippen LogP contribution in [0.25, 0.3) is 0 Å². The van der Waals surface area contributed by atoms with Gasteiger partial charge in [-0.2, -0.15) is 0 Å². The monoisotopic (exact) mass is 510 g/mol. The molecule has 0 bridgehead atoms. The molecule has 3 nitrogen and oxygen atoms in total. The fourth-order valence-corrected chi connectivity index (χ4v) is 4.29. The lowest BCUT2D eigenvalue weighted by Gasteiger charge is -2.11. The Kier molecular flexibility index (Phi) is 5.16. The van der Waals surface area contributed by atoms with E-state index in [1.54, 1.807) is 18.3 Å². The molecule has 98 valence electrons. The molecule has 0 fully saturated rings. The Labute approximate surface area is 143 Å². The summed E-state index contributed by atoms with van der Waals surface area (Å²) in [5, 5.41) is 2.84. The van der Waals surface area contributed by atoms with Crippen LogP contribution in [0.15, 0.2) is 48.5 Å². The Balaban J connectivity index is 2.32. The number of aromatic nitrogens is 1. The summed E-state index contributed by atoms with van der Waals surface area (Å²) in [5.41, 5.74) is 1.15. The number of carbonyl (C=O) groups is 1. The smallest absolute Gasteiger partial charge is 0.258 e. The molecule has 2 aromatic rings. The molecule has 1 aromatic heterocycles. The van der Waals surface area contributed by atoms with Gasteiger partial charge in [0, 0.05) is 19.6 Å². The highest BCUT2D eigenvalue weighted by molar-refractivity contribution is 9.11. The third-order valence-corrected chi connectivity index (χ3v) is 4.59. The van der Waals surface area contributed by atoms with Gasteiger partial charge in [0.15, 0.2) is 0 Å². The summed E-state index contributed by atoms with van der Waals surface area (Å²) in [7, 11) is 0. The zero-order chi connectivity index (χ0) is 14.0. The van der Waals surface area contributed by atoms with Crippen molar-refractivity contribution in [1.82, 2.24) is 4.98 Å². The topological polar surface area (TPSA) is 42.0 Å². The summed E-state index contributed by atoms with van der Waals surface area (Å²) < 4.78 is 2.98. The average Bonchev–Trinajstić information content (AvgIpc) is 2.34. The number of amides is 1. The maximum Gasteiger partial charge on any atom is 0.258 e. The molecule has 0 spiro atoms. The van der Waals surface area contributed by atoms with Crippen molar-refractivity contribution >= 4 is 75.3 Å². The molecule has 1 aromatic carbocycles. The van der Waals surface area contributed by atoms with Gasteiger partial charge < -0.3 is 5.32 Å². The molecule has 7 heteroatoms. The van der Waals surface area contributed by atoms with Crippen LogP contribution in [0, 0.1) is 0 Å². The second-order valence-electron chi connectivity index (χ2n) is 3.54. The number of hydrogen-bond acceptors (Lipinski definition) is 2. The summed E-state index contributed by atoms with van der Waals surface area (Å²) in [6.45, 7) is 0. The van der Waals surface area contributed by atoms with Crippen molar-refractivity contribution in [1.29, 1.82) is 0 Å². The van der Waals surface area contributed by atoms with Crippen molar-refractivity contribution in [2.45, 2.75) is 0 Å². The molecule has 0 aliphatic rings. The molecule has 0 saturated heterocycles. The lowest BCUT2D eigenvalue weighted by atomic mass is 10.2. The highest BCUT2D eigenvalue weighted by Crippen LogP contribution is 2.34.